The molecular formula is C24H30N2O2. The number of para-hydroxylation sites is 1. The van der Waals surface area contributed by atoms with E-state index in [2.05, 4.69) is 51.2 Å². The highest BCUT2D eigenvalue weighted by Crippen LogP contribution is 2.32. The van der Waals surface area contributed by atoms with Gasteiger partial charge < -0.3 is 10.2 Å². The van der Waals surface area contributed by atoms with Crippen molar-refractivity contribution in [2.24, 2.45) is 0 Å². The number of nitrogens with zero attached hydrogens (tertiary/aromatic N) is 1. The molecule has 0 saturated carbocycles. The molecule has 1 aliphatic rings. The molecule has 0 atom stereocenters. The van der Waals surface area contributed by atoms with E-state index in [0.29, 0.717) is 23.0 Å². The molecular weight excluding hydrogens is 348 g/mol. The van der Waals surface area contributed by atoms with Gasteiger partial charge in [-0.15, -0.1) is 0 Å². The molecule has 2 aromatic rings. The van der Waals surface area contributed by atoms with Crippen molar-refractivity contribution in [3.8, 4) is 0 Å². The number of carbonyl (C=O) groups excluding carboxylic acids is 2. The summed E-state index contributed by atoms with van der Waals surface area (Å²) < 4.78 is 0. The summed E-state index contributed by atoms with van der Waals surface area (Å²) in [7, 11) is 0. The number of hydrogen-bond donors (Lipinski definition) is 1. The van der Waals surface area contributed by atoms with Gasteiger partial charge in [-0.3, -0.25) is 9.59 Å². The van der Waals surface area contributed by atoms with Crippen LogP contribution in [0.3, 0.4) is 0 Å². The van der Waals surface area contributed by atoms with Crippen LogP contribution in [0.25, 0.3) is 0 Å². The highest BCUT2D eigenvalue weighted by Gasteiger charge is 2.21. The SMILES string of the molecule is CC(C)c1cccc(C(C)C)c1NC(=O)c1cccc(C(=O)N2CCCC2)c1. The quantitative estimate of drug-likeness (QED) is 0.755. The molecule has 2 aromatic carbocycles. The minimum Gasteiger partial charge on any atom is -0.339 e. The Balaban J connectivity index is 1.88. The van der Waals surface area contributed by atoms with Crippen molar-refractivity contribution in [3.63, 3.8) is 0 Å². The Kier molecular flexibility index (Phi) is 6.18. The number of amides is 2. The van der Waals surface area contributed by atoms with Crippen LogP contribution in [-0.2, 0) is 0 Å². The molecule has 0 radical (unpaired) electrons. The lowest BCUT2D eigenvalue weighted by molar-refractivity contribution is 0.0793. The van der Waals surface area contributed by atoms with Crippen molar-refractivity contribution >= 4 is 17.5 Å². The topological polar surface area (TPSA) is 49.4 Å². The van der Waals surface area contributed by atoms with E-state index in [1.165, 1.54) is 0 Å². The van der Waals surface area contributed by atoms with E-state index in [1.54, 1.807) is 24.3 Å². The van der Waals surface area contributed by atoms with Crippen LogP contribution < -0.4 is 5.32 Å². The van der Waals surface area contributed by atoms with Crippen molar-refractivity contribution in [2.45, 2.75) is 52.4 Å². The molecule has 2 amide bonds. The summed E-state index contributed by atoms with van der Waals surface area (Å²) in [5.74, 6) is 0.442. The maximum absolute atomic E-state index is 13.0. The number of hydrogen-bond acceptors (Lipinski definition) is 2. The second-order valence-electron chi connectivity index (χ2n) is 8.16. The van der Waals surface area contributed by atoms with Crippen molar-refractivity contribution in [1.82, 2.24) is 4.90 Å². The first kappa shape index (κ1) is 20.1. The van der Waals surface area contributed by atoms with Gasteiger partial charge in [0.05, 0.1) is 0 Å². The van der Waals surface area contributed by atoms with Crippen LogP contribution in [0, 0.1) is 0 Å². The van der Waals surface area contributed by atoms with Gasteiger partial charge in [0.25, 0.3) is 11.8 Å². The highest BCUT2D eigenvalue weighted by atomic mass is 16.2. The summed E-state index contributed by atoms with van der Waals surface area (Å²) in [5, 5.41) is 3.13. The van der Waals surface area contributed by atoms with Gasteiger partial charge in [0, 0.05) is 29.9 Å². The number of likely N-dealkylation sites (tertiary alicyclic amines) is 1. The maximum Gasteiger partial charge on any atom is 0.255 e. The summed E-state index contributed by atoms with van der Waals surface area (Å²) in [5.41, 5.74) is 4.25. The lowest BCUT2D eigenvalue weighted by Gasteiger charge is -2.20. The first-order chi connectivity index (χ1) is 13.4. The zero-order chi connectivity index (χ0) is 20.3. The molecule has 4 nitrogen and oxygen atoms in total. The minimum atomic E-state index is -0.175. The molecule has 0 bridgehead atoms. The van der Waals surface area contributed by atoms with Gasteiger partial charge >= 0.3 is 0 Å². The largest absolute Gasteiger partial charge is 0.339 e. The van der Waals surface area contributed by atoms with Crippen LogP contribution in [-0.4, -0.2) is 29.8 Å². The molecule has 148 valence electrons. The molecule has 0 aromatic heterocycles. The van der Waals surface area contributed by atoms with Gasteiger partial charge in [-0.2, -0.15) is 0 Å². The van der Waals surface area contributed by atoms with Gasteiger partial charge in [0.15, 0.2) is 0 Å². The predicted molar refractivity (Wildman–Crippen MR) is 114 cm³/mol. The van der Waals surface area contributed by atoms with Crippen LogP contribution >= 0.6 is 0 Å². The molecule has 4 heteroatoms. The summed E-state index contributed by atoms with van der Waals surface area (Å²) >= 11 is 0. The lowest BCUT2D eigenvalue weighted by Crippen LogP contribution is -2.27. The van der Waals surface area contributed by atoms with E-state index >= 15 is 0 Å². The van der Waals surface area contributed by atoms with E-state index in [4.69, 9.17) is 0 Å². The first-order valence-corrected chi connectivity index (χ1v) is 10.2. The zero-order valence-electron chi connectivity index (χ0n) is 17.3. The third-order valence-corrected chi connectivity index (χ3v) is 5.38. The van der Waals surface area contributed by atoms with Crippen molar-refractivity contribution in [3.05, 3.63) is 64.7 Å². The average Bonchev–Trinajstić information content (AvgIpc) is 3.22. The molecule has 1 saturated heterocycles. The third kappa shape index (κ3) is 4.27. The molecule has 1 heterocycles. The van der Waals surface area contributed by atoms with E-state index < -0.39 is 0 Å². The Bertz CT molecular complexity index is 838. The molecule has 3 rings (SSSR count). The lowest BCUT2D eigenvalue weighted by atomic mass is 9.92. The Morgan fingerprint density at radius 1 is 0.857 bits per heavy atom. The number of carbonyl (C=O) groups is 2. The van der Waals surface area contributed by atoms with Crippen LogP contribution in [0.5, 0.6) is 0 Å². The predicted octanol–water partition coefficient (Wildman–Crippen LogP) is 5.42. The fraction of sp³-hybridized carbons (Fsp3) is 0.417. The van der Waals surface area contributed by atoms with Crippen LogP contribution in [0.2, 0.25) is 0 Å². The Morgan fingerprint density at radius 2 is 1.39 bits per heavy atom. The first-order valence-electron chi connectivity index (χ1n) is 10.2. The fourth-order valence-electron chi connectivity index (χ4n) is 3.78. The normalized spacial score (nSPS) is 14.0. The van der Waals surface area contributed by atoms with E-state index in [0.717, 1.165) is 42.7 Å². The molecule has 0 aliphatic carbocycles. The van der Waals surface area contributed by atoms with Gasteiger partial charge in [-0.25, -0.2) is 0 Å². The van der Waals surface area contributed by atoms with Gasteiger partial charge in [0.2, 0.25) is 0 Å². The van der Waals surface area contributed by atoms with Crippen molar-refractivity contribution in [2.75, 3.05) is 18.4 Å². The van der Waals surface area contributed by atoms with E-state index in [1.807, 2.05) is 4.90 Å². The highest BCUT2D eigenvalue weighted by molar-refractivity contribution is 6.07. The molecule has 0 spiro atoms. The summed E-state index contributed by atoms with van der Waals surface area (Å²) in [6, 6.07) is 13.2. The van der Waals surface area contributed by atoms with Crippen LogP contribution in [0.15, 0.2) is 42.5 Å². The molecule has 28 heavy (non-hydrogen) atoms. The number of anilines is 1. The third-order valence-electron chi connectivity index (χ3n) is 5.38. The summed E-state index contributed by atoms with van der Waals surface area (Å²) in [6.45, 7) is 10.1. The second-order valence-corrected chi connectivity index (χ2v) is 8.16. The summed E-state index contributed by atoms with van der Waals surface area (Å²) in [6.07, 6.45) is 2.10. The summed E-state index contributed by atoms with van der Waals surface area (Å²) in [4.78, 5) is 27.5. The van der Waals surface area contributed by atoms with Crippen molar-refractivity contribution < 1.29 is 9.59 Å². The second kappa shape index (κ2) is 8.59. The maximum atomic E-state index is 13.0. The number of nitrogens with one attached hydrogen (secondary N) is 1. The Labute approximate surface area is 167 Å². The standard InChI is InChI=1S/C24H30N2O2/c1-16(2)20-11-8-12-21(17(3)4)22(20)25-23(27)18-9-7-10-19(15-18)24(28)26-13-5-6-14-26/h7-12,15-17H,5-6,13-14H2,1-4H3,(H,25,27). The van der Waals surface area contributed by atoms with Gasteiger partial charge in [-0.1, -0.05) is 52.0 Å². The van der Waals surface area contributed by atoms with Crippen LogP contribution in [0.1, 0.15) is 84.2 Å². The average molecular weight is 379 g/mol. The minimum absolute atomic E-state index is 0.0117. The number of rotatable bonds is 5. The molecule has 1 N–H and O–H groups in total. The fourth-order valence-corrected chi connectivity index (χ4v) is 3.78. The molecule has 1 aliphatic heterocycles. The van der Waals surface area contributed by atoms with Crippen molar-refractivity contribution in [1.29, 1.82) is 0 Å². The van der Waals surface area contributed by atoms with Gasteiger partial charge in [0.1, 0.15) is 0 Å². The monoisotopic (exact) mass is 378 g/mol. The van der Waals surface area contributed by atoms with Gasteiger partial charge in [-0.05, 0) is 54.0 Å². The van der Waals surface area contributed by atoms with E-state index in [-0.39, 0.29) is 11.8 Å². The molecule has 0 unspecified atom stereocenters. The smallest absolute Gasteiger partial charge is 0.255 e. The van der Waals surface area contributed by atoms with E-state index in [9.17, 15) is 9.59 Å². The Hall–Kier alpha value is -2.62. The zero-order valence-corrected chi connectivity index (χ0v) is 17.3. The Morgan fingerprint density at radius 3 is 1.96 bits per heavy atom. The number of benzene rings is 2. The van der Waals surface area contributed by atoms with Crippen LogP contribution in [0.4, 0.5) is 5.69 Å². The molecule has 1 fully saturated rings.